The molecule has 0 aliphatic rings. The van der Waals surface area contributed by atoms with Gasteiger partial charge in [-0.05, 0) is 48.0 Å². The molecular weight excluding hydrogens is 294 g/mol. The molecular formula is C19H16ClNO. The van der Waals surface area contributed by atoms with Crippen molar-refractivity contribution in [3.05, 3.63) is 71.2 Å². The van der Waals surface area contributed by atoms with E-state index in [2.05, 4.69) is 23.2 Å². The van der Waals surface area contributed by atoms with Gasteiger partial charge in [-0.25, -0.2) is 0 Å². The number of hydrogen-bond donors (Lipinski definition) is 0. The van der Waals surface area contributed by atoms with Crippen molar-refractivity contribution in [1.29, 1.82) is 0 Å². The van der Waals surface area contributed by atoms with Gasteiger partial charge in [-0.3, -0.25) is 4.99 Å². The van der Waals surface area contributed by atoms with Crippen molar-refractivity contribution in [3.63, 3.8) is 0 Å². The van der Waals surface area contributed by atoms with Crippen LogP contribution in [0.1, 0.15) is 12.5 Å². The Morgan fingerprint density at radius 2 is 1.77 bits per heavy atom. The van der Waals surface area contributed by atoms with Crippen LogP contribution in [-0.4, -0.2) is 12.8 Å². The van der Waals surface area contributed by atoms with E-state index >= 15 is 0 Å². The zero-order chi connectivity index (χ0) is 15.4. The molecule has 0 saturated carbocycles. The van der Waals surface area contributed by atoms with Gasteiger partial charge in [0.2, 0.25) is 0 Å². The molecule has 0 aromatic heterocycles. The highest BCUT2D eigenvalue weighted by atomic mass is 35.5. The van der Waals surface area contributed by atoms with Crippen LogP contribution in [0.3, 0.4) is 0 Å². The smallest absolute Gasteiger partial charge is 0.128 e. The Balaban J connectivity index is 2.07. The fourth-order valence-corrected chi connectivity index (χ4v) is 2.48. The highest BCUT2D eigenvalue weighted by Crippen LogP contribution is 2.27. The molecule has 0 fully saturated rings. The number of aliphatic imine (C=N–C) groups is 1. The van der Waals surface area contributed by atoms with Crippen molar-refractivity contribution in [3.8, 4) is 5.75 Å². The van der Waals surface area contributed by atoms with Crippen LogP contribution < -0.4 is 4.74 Å². The summed E-state index contributed by atoms with van der Waals surface area (Å²) in [6.45, 7) is 2.61. The van der Waals surface area contributed by atoms with Crippen LogP contribution in [0.2, 0.25) is 5.02 Å². The third-order valence-corrected chi connectivity index (χ3v) is 3.65. The molecule has 0 spiro atoms. The Bertz CT molecular complexity index is 809. The number of benzene rings is 3. The standard InChI is InChI=1S/C19H16ClNO/c1-2-22-19-12-7-14-5-3-4-6-17(14)18(19)13-21-16-10-8-15(20)9-11-16/h3-13H,2H2,1H3. The van der Waals surface area contributed by atoms with Gasteiger partial charge in [0.25, 0.3) is 0 Å². The molecule has 0 unspecified atom stereocenters. The van der Waals surface area contributed by atoms with E-state index in [1.165, 1.54) is 5.39 Å². The van der Waals surface area contributed by atoms with Crippen LogP contribution in [0, 0.1) is 0 Å². The SMILES string of the molecule is CCOc1ccc2ccccc2c1C=Nc1ccc(Cl)cc1. The maximum Gasteiger partial charge on any atom is 0.128 e. The van der Waals surface area contributed by atoms with Crippen molar-refractivity contribution in [2.24, 2.45) is 4.99 Å². The number of fused-ring (bicyclic) bond motifs is 1. The quantitative estimate of drug-likeness (QED) is 0.571. The molecule has 22 heavy (non-hydrogen) atoms. The Hall–Kier alpha value is -2.32. The molecule has 0 bridgehead atoms. The first-order valence-corrected chi connectivity index (χ1v) is 7.60. The summed E-state index contributed by atoms with van der Waals surface area (Å²) in [4.78, 5) is 4.55. The van der Waals surface area contributed by atoms with E-state index in [4.69, 9.17) is 16.3 Å². The van der Waals surface area contributed by atoms with Gasteiger partial charge in [-0.1, -0.05) is 41.9 Å². The van der Waals surface area contributed by atoms with Crippen molar-refractivity contribution in [2.45, 2.75) is 6.92 Å². The summed E-state index contributed by atoms with van der Waals surface area (Å²) in [6.07, 6.45) is 1.86. The van der Waals surface area contributed by atoms with Gasteiger partial charge in [0.1, 0.15) is 5.75 Å². The zero-order valence-electron chi connectivity index (χ0n) is 12.3. The maximum absolute atomic E-state index is 5.90. The van der Waals surface area contributed by atoms with Crippen molar-refractivity contribution in [2.75, 3.05) is 6.61 Å². The van der Waals surface area contributed by atoms with E-state index in [9.17, 15) is 0 Å². The number of ether oxygens (including phenoxy) is 1. The van der Waals surface area contributed by atoms with Crippen molar-refractivity contribution < 1.29 is 4.74 Å². The van der Waals surface area contributed by atoms with E-state index in [1.807, 2.05) is 55.6 Å². The molecule has 3 rings (SSSR count). The van der Waals surface area contributed by atoms with Crippen LogP contribution in [0.25, 0.3) is 10.8 Å². The molecule has 3 aromatic carbocycles. The Kier molecular flexibility index (Phi) is 4.40. The number of halogens is 1. The summed E-state index contributed by atoms with van der Waals surface area (Å²) >= 11 is 5.90. The lowest BCUT2D eigenvalue weighted by atomic mass is 10.0. The predicted molar refractivity (Wildman–Crippen MR) is 93.8 cm³/mol. The van der Waals surface area contributed by atoms with Gasteiger partial charge in [-0.15, -0.1) is 0 Å². The van der Waals surface area contributed by atoms with E-state index in [0.717, 1.165) is 22.4 Å². The van der Waals surface area contributed by atoms with Crippen molar-refractivity contribution >= 4 is 34.3 Å². The van der Waals surface area contributed by atoms with E-state index in [0.29, 0.717) is 11.6 Å². The lowest BCUT2D eigenvalue weighted by Gasteiger charge is -2.10. The fraction of sp³-hybridized carbons (Fsp3) is 0.105. The number of hydrogen-bond acceptors (Lipinski definition) is 2. The van der Waals surface area contributed by atoms with Crippen LogP contribution in [-0.2, 0) is 0 Å². The molecule has 0 aliphatic carbocycles. The average Bonchev–Trinajstić information content (AvgIpc) is 2.55. The second-order valence-electron chi connectivity index (χ2n) is 4.87. The van der Waals surface area contributed by atoms with Gasteiger partial charge in [0.05, 0.1) is 12.3 Å². The first-order valence-electron chi connectivity index (χ1n) is 7.22. The monoisotopic (exact) mass is 309 g/mol. The third-order valence-electron chi connectivity index (χ3n) is 3.40. The van der Waals surface area contributed by atoms with E-state index < -0.39 is 0 Å². The van der Waals surface area contributed by atoms with E-state index in [1.54, 1.807) is 0 Å². The molecule has 110 valence electrons. The molecule has 0 heterocycles. The van der Waals surface area contributed by atoms with Crippen molar-refractivity contribution in [1.82, 2.24) is 0 Å². The van der Waals surface area contributed by atoms with Gasteiger partial charge in [0, 0.05) is 16.8 Å². The second kappa shape index (κ2) is 6.63. The normalized spacial score (nSPS) is 11.2. The highest BCUT2D eigenvalue weighted by Gasteiger charge is 2.06. The first kappa shape index (κ1) is 14.6. The molecule has 0 amide bonds. The maximum atomic E-state index is 5.90. The van der Waals surface area contributed by atoms with Gasteiger partial charge >= 0.3 is 0 Å². The summed E-state index contributed by atoms with van der Waals surface area (Å²) < 4.78 is 5.74. The predicted octanol–water partition coefficient (Wildman–Crippen LogP) is 5.64. The minimum absolute atomic E-state index is 0.625. The molecule has 2 nitrogen and oxygen atoms in total. The Morgan fingerprint density at radius 1 is 1.00 bits per heavy atom. The second-order valence-corrected chi connectivity index (χ2v) is 5.30. The summed E-state index contributed by atoms with van der Waals surface area (Å²) in [5.41, 5.74) is 1.86. The molecule has 3 heteroatoms. The van der Waals surface area contributed by atoms with Crippen LogP contribution in [0.5, 0.6) is 5.75 Å². The summed E-state index contributed by atoms with van der Waals surface area (Å²) in [5.74, 6) is 0.846. The summed E-state index contributed by atoms with van der Waals surface area (Å²) in [6, 6.07) is 19.7. The zero-order valence-corrected chi connectivity index (χ0v) is 13.0. The molecule has 0 saturated heterocycles. The van der Waals surface area contributed by atoms with Gasteiger partial charge in [0.15, 0.2) is 0 Å². The largest absolute Gasteiger partial charge is 0.493 e. The number of nitrogens with zero attached hydrogens (tertiary/aromatic N) is 1. The molecule has 3 aromatic rings. The topological polar surface area (TPSA) is 21.6 Å². The fourth-order valence-electron chi connectivity index (χ4n) is 2.36. The Morgan fingerprint density at radius 3 is 2.55 bits per heavy atom. The molecule has 0 N–H and O–H groups in total. The molecule has 0 aliphatic heterocycles. The summed E-state index contributed by atoms with van der Waals surface area (Å²) in [5, 5.41) is 3.01. The van der Waals surface area contributed by atoms with E-state index in [-0.39, 0.29) is 0 Å². The van der Waals surface area contributed by atoms with Gasteiger partial charge < -0.3 is 4.74 Å². The minimum Gasteiger partial charge on any atom is -0.493 e. The lowest BCUT2D eigenvalue weighted by Crippen LogP contribution is -1.97. The number of rotatable bonds is 4. The summed E-state index contributed by atoms with van der Waals surface area (Å²) in [7, 11) is 0. The molecule has 0 radical (unpaired) electrons. The average molecular weight is 310 g/mol. The van der Waals surface area contributed by atoms with Gasteiger partial charge in [-0.2, -0.15) is 0 Å². The third kappa shape index (κ3) is 3.12. The molecule has 0 atom stereocenters. The Labute approximate surface area is 135 Å². The minimum atomic E-state index is 0.625. The van der Waals surface area contributed by atoms with Crippen LogP contribution in [0.4, 0.5) is 5.69 Å². The van der Waals surface area contributed by atoms with Crippen LogP contribution >= 0.6 is 11.6 Å². The first-order chi connectivity index (χ1) is 10.8. The van der Waals surface area contributed by atoms with Crippen LogP contribution in [0.15, 0.2) is 65.7 Å². The lowest BCUT2D eigenvalue weighted by molar-refractivity contribution is 0.340. The highest BCUT2D eigenvalue weighted by molar-refractivity contribution is 6.30.